The summed E-state index contributed by atoms with van der Waals surface area (Å²) in [4.78, 5) is 34.9. The number of aryl methyl sites for hydroxylation is 1. The molecule has 0 bridgehead atoms. The summed E-state index contributed by atoms with van der Waals surface area (Å²) in [5, 5.41) is 2.70. The molecular weight excluding hydrogens is 419 g/mol. The molecule has 2 unspecified atom stereocenters. The van der Waals surface area contributed by atoms with Gasteiger partial charge in [0.05, 0.1) is 17.7 Å². The zero-order valence-electron chi connectivity index (χ0n) is 17.1. The number of likely N-dealkylation sites (tertiary alicyclic amines) is 1. The number of hydrogen-bond acceptors (Lipinski definition) is 6. The average Bonchev–Trinajstić information content (AvgIpc) is 3.38. The number of hydrogen-bond donors (Lipinski definition) is 3. The number of esters is 1. The van der Waals surface area contributed by atoms with Crippen molar-refractivity contribution in [2.75, 3.05) is 33.4 Å². The zero-order valence-corrected chi connectivity index (χ0v) is 17.1. The van der Waals surface area contributed by atoms with Crippen LogP contribution in [-0.4, -0.2) is 77.2 Å². The molecular formula is C19H24F3N5O4. The molecule has 3 N–H and O–H groups in total. The number of H-pyrrole nitrogens is 2. The third kappa shape index (κ3) is 5.64. The Morgan fingerprint density at radius 1 is 1.39 bits per heavy atom. The summed E-state index contributed by atoms with van der Waals surface area (Å²) in [5.74, 6) is -1.53. The lowest BCUT2D eigenvalue weighted by Crippen LogP contribution is -2.55. The molecule has 2 aromatic rings. The first-order valence-corrected chi connectivity index (χ1v) is 9.68. The van der Waals surface area contributed by atoms with Crippen molar-refractivity contribution < 1.29 is 32.2 Å². The quantitative estimate of drug-likeness (QED) is 0.562. The van der Waals surface area contributed by atoms with Gasteiger partial charge in [-0.05, 0) is 19.4 Å². The molecule has 9 nitrogen and oxygen atoms in total. The van der Waals surface area contributed by atoms with Crippen LogP contribution in [0.4, 0.5) is 13.2 Å². The van der Waals surface area contributed by atoms with Crippen LogP contribution >= 0.6 is 0 Å². The van der Waals surface area contributed by atoms with Crippen molar-refractivity contribution in [3.05, 3.63) is 41.2 Å². The van der Waals surface area contributed by atoms with Crippen LogP contribution in [-0.2, 0) is 15.7 Å². The molecule has 0 aliphatic carbocycles. The van der Waals surface area contributed by atoms with Crippen molar-refractivity contribution in [2.45, 2.75) is 31.7 Å². The minimum absolute atomic E-state index is 0.198. The molecule has 3 rings (SSSR count). The van der Waals surface area contributed by atoms with Crippen LogP contribution in [0.1, 0.15) is 38.8 Å². The number of nitrogens with zero attached hydrogens (tertiary/aromatic N) is 2. The van der Waals surface area contributed by atoms with Gasteiger partial charge in [0.15, 0.2) is 11.5 Å². The predicted octanol–water partition coefficient (Wildman–Crippen LogP) is 1.74. The maximum Gasteiger partial charge on any atom is 0.435 e. The predicted molar refractivity (Wildman–Crippen MR) is 103 cm³/mol. The van der Waals surface area contributed by atoms with Crippen LogP contribution in [0.25, 0.3) is 0 Å². The van der Waals surface area contributed by atoms with E-state index < -0.39 is 35.6 Å². The van der Waals surface area contributed by atoms with Crippen LogP contribution in [0.15, 0.2) is 18.5 Å². The SMILES string of the molecule is COC1CN(CCOC(=O)c2cc[nH]c2)CCC1NC(=O)c1nc(C(F)(F)F)c(C)[nH]1. The van der Waals surface area contributed by atoms with E-state index in [-0.39, 0.29) is 18.4 Å². The Hall–Kier alpha value is -2.86. The second-order valence-electron chi connectivity index (χ2n) is 7.24. The maximum atomic E-state index is 12.9. The third-order valence-corrected chi connectivity index (χ3v) is 5.11. The Labute approximate surface area is 176 Å². The summed E-state index contributed by atoms with van der Waals surface area (Å²) in [6.07, 6.45) is -1.31. The summed E-state index contributed by atoms with van der Waals surface area (Å²) in [6.45, 7) is 2.96. The summed E-state index contributed by atoms with van der Waals surface area (Å²) in [6, 6.07) is 1.23. The molecule has 2 atom stereocenters. The molecule has 0 aromatic carbocycles. The second kappa shape index (κ2) is 9.52. The summed E-state index contributed by atoms with van der Waals surface area (Å²) < 4.78 is 49.4. The number of methoxy groups -OCH3 is 1. The van der Waals surface area contributed by atoms with Gasteiger partial charge in [-0.1, -0.05) is 0 Å². The number of imidazole rings is 1. The number of aromatic amines is 2. The van der Waals surface area contributed by atoms with Crippen LogP contribution in [0.3, 0.4) is 0 Å². The highest BCUT2D eigenvalue weighted by Crippen LogP contribution is 2.30. The fourth-order valence-corrected chi connectivity index (χ4v) is 3.47. The van der Waals surface area contributed by atoms with E-state index in [0.29, 0.717) is 31.6 Å². The normalized spacial score (nSPS) is 19.9. The first-order valence-electron chi connectivity index (χ1n) is 9.68. The Morgan fingerprint density at radius 3 is 2.77 bits per heavy atom. The fourth-order valence-electron chi connectivity index (χ4n) is 3.47. The van der Waals surface area contributed by atoms with E-state index in [9.17, 15) is 22.8 Å². The molecule has 170 valence electrons. The summed E-state index contributed by atoms with van der Waals surface area (Å²) >= 11 is 0. The molecule has 3 heterocycles. The van der Waals surface area contributed by atoms with Crippen molar-refractivity contribution in [1.29, 1.82) is 0 Å². The number of ether oxygens (including phenoxy) is 2. The average molecular weight is 443 g/mol. The number of piperidine rings is 1. The maximum absolute atomic E-state index is 12.9. The van der Waals surface area contributed by atoms with Crippen LogP contribution in [0.5, 0.6) is 0 Å². The first kappa shape index (κ1) is 22.8. The van der Waals surface area contributed by atoms with Gasteiger partial charge in [-0.2, -0.15) is 13.2 Å². The number of rotatable bonds is 7. The number of carbonyl (C=O) groups is 2. The smallest absolute Gasteiger partial charge is 0.435 e. The van der Waals surface area contributed by atoms with Crippen LogP contribution in [0, 0.1) is 6.92 Å². The van der Waals surface area contributed by atoms with Gasteiger partial charge in [-0.15, -0.1) is 0 Å². The van der Waals surface area contributed by atoms with E-state index in [0.717, 1.165) is 0 Å². The number of alkyl halides is 3. The van der Waals surface area contributed by atoms with E-state index in [2.05, 4.69) is 20.3 Å². The summed E-state index contributed by atoms with van der Waals surface area (Å²) in [7, 11) is 1.50. The molecule has 1 saturated heterocycles. The molecule has 12 heteroatoms. The highest BCUT2D eigenvalue weighted by atomic mass is 19.4. The van der Waals surface area contributed by atoms with Gasteiger partial charge in [0, 0.05) is 44.8 Å². The minimum Gasteiger partial charge on any atom is -0.461 e. The molecule has 1 amide bonds. The van der Waals surface area contributed by atoms with Crippen LogP contribution < -0.4 is 5.32 Å². The molecule has 31 heavy (non-hydrogen) atoms. The van der Waals surface area contributed by atoms with Gasteiger partial charge in [0.2, 0.25) is 0 Å². The largest absolute Gasteiger partial charge is 0.461 e. The topological polar surface area (TPSA) is 112 Å². The highest BCUT2D eigenvalue weighted by molar-refractivity contribution is 5.91. The molecule has 0 radical (unpaired) electrons. The lowest BCUT2D eigenvalue weighted by molar-refractivity contribution is -0.141. The van der Waals surface area contributed by atoms with Crippen LogP contribution in [0.2, 0.25) is 0 Å². The molecule has 0 spiro atoms. The monoisotopic (exact) mass is 443 g/mol. The third-order valence-electron chi connectivity index (χ3n) is 5.11. The van der Waals surface area contributed by atoms with E-state index in [1.165, 1.54) is 14.0 Å². The van der Waals surface area contributed by atoms with E-state index in [1.54, 1.807) is 18.5 Å². The van der Waals surface area contributed by atoms with Gasteiger partial charge in [-0.25, -0.2) is 9.78 Å². The standard InChI is InChI=1S/C19H24F3N5O4/c1-11-15(19(20,21)22)26-16(24-11)17(28)25-13-4-6-27(10-14(13)30-2)7-8-31-18(29)12-3-5-23-9-12/h3,5,9,13-14,23H,4,6-8,10H2,1-2H3,(H,24,26)(H,25,28). The number of nitrogens with one attached hydrogen (secondary N) is 3. The Bertz CT molecular complexity index is 897. The molecule has 0 saturated carbocycles. The van der Waals surface area contributed by atoms with Gasteiger partial charge in [-0.3, -0.25) is 9.69 Å². The van der Waals surface area contributed by atoms with Crippen molar-refractivity contribution in [3.63, 3.8) is 0 Å². The van der Waals surface area contributed by atoms with Crippen molar-refractivity contribution in [3.8, 4) is 0 Å². The fraction of sp³-hybridized carbons (Fsp3) is 0.526. The lowest BCUT2D eigenvalue weighted by atomic mass is 10.0. The molecule has 2 aromatic heterocycles. The first-order chi connectivity index (χ1) is 14.7. The zero-order chi connectivity index (χ0) is 22.6. The van der Waals surface area contributed by atoms with Gasteiger partial charge in [0.25, 0.3) is 5.91 Å². The van der Waals surface area contributed by atoms with Crippen molar-refractivity contribution in [2.24, 2.45) is 0 Å². The lowest BCUT2D eigenvalue weighted by Gasteiger charge is -2.37. The van der Waals surface area contributed by atoms with E-state index in [1.807, 2.05) is 4.90 Å². The second-order valence-corrected chi connectivity index (χ2v) is 7.24. The number of amides is 1. The number of halogens is 3. The molecule has 1 fully saturated rings. The van der Waals surface area contributed by atoms with Gasteiger partial charge < -0.3 is 24.8 Å². The number of carbonyl (C=O) groups excluding carboxylic acids is 2. The van der Waals surface area contributed by atoms with Gasteiger partial charge >= 0.3 is 12.1 Å². The van der Waals surface area contributed by atoms with E-state index in [4.69, 9.17) is 9.47 Å². The molecule has 1 aliphatic heterocycles. The van der Waals surface area contributed by atoms with Gasteiger partial charge in [0.1, 0.15) is 6.61 Å². The Kier molecular flexibility index (Phi) is 7.01. The molecule has 1 aliphatic rings. The number of aromatic nitrogens is 3. The summed E-state index contributed by atoms with van der Waals surface area (Å²) in [5.41, 5.74) is -0.882. The Balaban J connectivity index is 1.50. The Morgan fingerprint density at radius 2 is 2.16 bits per heavy atom. The highest BCUT2D eigenvalue weighted by Gasteiger charge is 2.37. The van der Waals surface area contributed by atoms with Crippen molar-refractivity contribution >= 4 is 11.9 Å². The minimum atomic E-state index is -4.63. The van der Waals surface area contributed by atoms with Crippen molar-refractivity contribution in [1.82, 2.24) is 25.2 Å². The van der Waals surface area contributed by atoms with E-state index >= 15 is 0 Å².